The van der Waals surface area contributed by atoms with Gasteiger partial charge in [0.1, 0.15) is 6.04 Å². The molecule has 0 fully saturated rings. The molecule has 4 nitrogen and oxygen atoms in total. The fraction of sp³-hybridized carbons (Fsp3) is 0.300. The van der Waals surface area contributed by atoms with E-state index in [1.165, 1.54) is 0 Å². The average Bonchev–Trinajstić information content (AvgIpc) is 2.63. The zero-order valence-corrected chi connectivity index (χ0v) is 14.2. The van der Waals surface area contributed by atoms with Crippen LogP contribution < -0.4 is 5.32 Å². The van der Waals surface area contributed by atoms with E-state index in [0.717, 1.165) is 11.1 Å². The standard InChI is InChI=1S/C20H24N2O2/c1-3-18(20(24)21-2)22(15-17-12-8-5-9-13-17)19(23)14-16-10-6-4-7-11-16/h4-13,18H,3,14-15H2,1-2H3,(H,21,24)/t18-/m0/s1. The van der Waals surface area contributed by atoms with Gasteiger partial charge in [-0.2, -0.15) is 0 Å². The molecule has 0 saturated heterocycles. The van der Waals surface area contributed by atoms with Gasteiger partial charge in [-0.25, -0.2) is 0 Å². The van der Waals surface area contributed by atoms with Gasteiger partial charge in [-0.05, 0) is 17.5 Å². The Bertz CT molecular complexity index is 656. The summed E-state index contributed by atoms with van der Waals surface area (Å²) in [5, 5.41) is 2.67. The molecule has 0 aromatic heterocycles. The van der Waals surface area contributed by atoms with Gasteiger partial charge in [0, 0.05) is 13.6 Å². The van der Waals surface area contributed by atoms with E-state index in [1.807, 2.05) is 67.6 Å². The Morgan fingerprint density at radius 1 is 0.958 bits per heavy atom. The van der Waals surface area contributed by atoms with E-state index >= 15 is 0 Å². The molecule has 0 saturated carbocycles. The van der Waals surface area contributed by atoms with Gasteiger partial charge in [0.2, 0.25) is 11.8 Å². The lowest BCUT2D eigenvalue weighted by Gasteiger charge is -2.30. The Kier molecular flexibility index (Phi) is 6.55. The van der Waals surface area contributed by atoms with Crippen molar-refractivity contribution >= 4 is 11.8 Å². The summed E-state index contributed by atoms with van der Waals surface area (Å²) in [6, 6.07) is 18.9. The molecule has 0 aliphatic carbocycles. The summed E-state index contributed by atoms with van der Waals surface area (Å²) in [5.74, 6) is -0.171. The van der Waals surface area contributed by atoms with Crippen molar-refractivity contribution in [3.8, 4) is 0 Å². The fourth-order valence-corrected chi connectivity index (χ4v) is 2.74. The molecule has 4 heteroatoms. The highest BCUT2D eigenvalue weighted by atomic mass is 16.2. The van der Waals surface area contributed by atoms with Crippen molar-refractivity contribution in [2.45, 2.75) is 32.4 Å². The quantitative estimate of drug-likeness (QED) is 0.851. The molecular formula is C20H24N2O2. The first-order chi connectivity index (χ1) is 11.7. The van der Waals surface area contributed by atoms with Crippen LogP contribution >= 0.6 is 0 Å². The van der Waals surface area contributed by atoms with Gasteiger partial charge in [0.05, 0.1) is 6.42 Å². The van der Waals surface area contributed by atoms with Crippen LogP contribution in [0.15, 0.2) is 60.7 Å². The van der Waals surface area contributed by atoms with Crippen LogP contribution in [0.3, 0.4) is 0 Å². The SMILES string of the molecule is CC[C@@H](C(=O)NC)N(Cc1ccccc1)C(=O)Cc1ccccc1. The summed E-state index contributed by atoms with van der Waals surface area (Å²) < 4.78 is 0. The molecule has 2 rings (SSSR count). The van der Waals surface area contributed by atoms with Gasteiger partial charge >= 0.3 is 0 Å². The zero-order valence-electron chi connectivity index (χ0n) is 14.2. The van der Waals surface area contributed by atoms with Gasteiger partial charge in [-0.3, -0.25) is 9.59 Å². The molecule has 0 radical (unpaired) electrons. The predicted octanol–water partition coefficient (Wildman–Crippen LogP) is 2.78. The Balaban J connectivity index is 2.23. The number of carbonyl (C=O) groups excluding carboxylic acids is 2. The van der Waals surface area contributed by atoms with Gasteiger partial charge in [0.25, 0.3) is 0 Å². The third kappa shape index (κ3) is 4.69. The fourth-order valence-electron chi connectivity index (χ4n) is 2.74. The van der Waals surface area contributed by atoms with Crippen LogP contribution in [0.25, 0.3) is 0 Å². The van der Waals surface area contributed by atoms with E-state index in [9.17, 15) is 9.59 Å². The summed E-state index contributed by atoms with van der Waals surface area (Å²) >= 11 is 0. The van der Waals surface area contributed by atoms with Gasteiger partial charge in [-0.15, -0.1) is 0 Å². The Morgan fingerprint density at radius 3 is 2.00 bits per heavy atom. The van der Waals surface area contributed by atoms with Gasteiger partial charge in [-0.1, -0.05) is 67.6 Å². The highest BCUT2D eigenvalue weighted by Crippen LogP contribution is 2.14. The number of amides is 2. The van der Waals surface area contributed by atoms with E-state index in [4.69, 9.17) is 0 Å². The smallest absolute Gasteiger partial charge is 0.242 e. The number of nitrogens with zero attached hydrogens (tertiary/aromatic N) is 1. The van der Waals surface area contributed by atoms with Crippen molar-refractivity contribution in [3.63, 3.8) is 0 Å². The third-order valence-electron chi connectivity index (χ3n) is 4.03. The second-order valence-corrected chi connectivity index (χ2v) is 5.71. The maximum atomic E-state index is 12.9. The third-order valence-corrected chi connectivity index (χ3v) is 4.03. The van der Waals surface area contributed by atoms with Gasteiger partial charge < -0.3 is 10.2 Å². The molecular weight excluding hydrogens is 300 g/mol. The predicted molar refractivity (Wildman–Crippen MR) is 95.3 cm³/mol. The summed E-state index contributed by atoms with van der Waals surface area (Å²) in [6.07, 6.45) is 0.869. The number of rotatable bonds is 7. The molecule has 0 spiro atoms. The molecule has 126 valence electrons. The highest BCUT2D eigenvalue weighted by molar-refractivity contribution is 5.88. The second kappa shape index (κ2) is 8.87. The zero-order chi connectivity index (χ0) is 17.4. The minimum atomic E-state index is -0.466. The van der Waals surface area contributed by atoms with Crippen LogP contribution in [0, 0.1) is 0 Å². The number of carbonyl (C=O) groups is 2. The Labute approximate surface area is 143 Å². The highest BCUT2D eigenvalue weighted by Gasteiger charge is 2.27. The number of hydrogen-bond acceptors (Lipinski definition) is 2. The van der Waals surface area contributed by atoms with Crippen LogP contribution in [-0.4, -0.2) is 29.8 Å². The molecule has 2 aromatic carbocycles. The van der Waals surface area contributed by atoms with Crippen LogP contribution in [0.5, 0.6) is 0 Å². The summed E-state index contributed by atoms with van der Waals surface area (Å²) in [7, 11) is 1.60. The van der Waals surface area contributed by atoms with Crippen molar-refractivity contribution in [3.05, 3.63) is 71.8 Å². The molecule has 2 amide bonds. The van der Waals surface area contributed by atoms with Crippen LogP contribution in [0.1, 0.15) is 24.5 Å². The molecule has 0 aliphatic heterocycles. The molecule has 0 unspecified atom stereocenters. The van der Waals surface area contributed by atoms with Crippen LogP contribution in [0.2, 0.25) is 0 Å². The minimum Gasteiger partial charge on any atom is -0.357 e. The molecule has 0 aliphatic rings. The van der Waals surface area contributed by atoms with E-state index < -0.39 is 6.04 Å². The summed E-state index contributed by atoms with van der Waals surface area (Å²) in [6.45, 7) is 2.35. The monoisotopic (exact) mass is 324 g/mol. The lowest BCUT2D eigenvalue weighted by molar-refractivity contribution is -0.140. The van der Waals surface area contributed by atoms with E-state index in [-0.39, 0.29) is 11.8 Å². The van der Waals surface area contributed by atoms with E-state index in [0.29, 0.717) is 19.4 Å². The van der Waals surface area contributed by atoms with Gasteiger partial charge in [0.15, 0.2) is 0 Å². The lowest BCUT2D eigenvalue weighted by Crippen LogP contribution is -2.48. The maximum Gasteiger partial charge on any atom is 0.242 e. The number of nitrogens with one attached hydrogen (secondary N) is 1. The van der Waals surface area contributed by atoms with Crippen LogP contribution in [0.4, 0.5) is 0 Å². The minimum absolute atomic E-state index is 0.0412. The van der Waals surface area contributed by atoms with Crippen LogP contribution in [-0.2, 0) is 22.6 Å². The van der Waals surface area contributed by atoms with E-state index in [2.05, 4.69) is 5.32 Å². The largest absolute Gasteiger partial charge is 0.357 e. The Hall–Kier alpha value is -2.62. The first kappa shape index (κ1) is 17.7. The number of likely N-dealkylation sites (N-methyl/N-ethyl adjacent to an activating group) is 1. The molecule has 1 N–H and O–H groups in total. The maximum absolute atomic E-state index is 12.9. The molecule has 0 heterocycles. The number of hydrogen-bond donors (Lipinski definition) is 1. The van der Waals surface area contributed by atoms with E-state index in [1.54, 1.807) is 11.9 Å². The molecule has 1 atom stereocenters. The van der Waals surface area contributed by atoms with Crippen molar-refractivity contribution in [1.82, 2.24) is 10.2 Å². The van der Waals surface area contributed by atoms with Crippen molar-refractivity contribution in [2.75, 3.05) is 7.05 Å². The first-order valence-corrected chi connectivity index (χ1v) is 8.24. The molecule has 0 bridgehead atoms. The Morgan fingerprint density at radius 2 is 1.50 bits per heavy atom. The molecule has 2 aromatic rings. The second-order valence-electron chi connectivity index (χ2n) is 5.71. The molecule has 24 heavy (non-hydrogen) atoms. The number of benzene rings is 2. The lowest BCUT2D eigenvalue weighted by atomic mass is 10.1. The first-order valence-electron chi connectivity index (χ1n) is 8.24. The summed E-state index contributed by atoms with van der Waals surface area (Å²) in [5.41, 5.74) is 1.97. The van der Waals surface area contributed by atoms with Crippen molar-refractivity contribution in [2.24, 2.45) is 0 Å². The topological polar surface area (TPSA) is 49.4 Å². The average molecular weight is 324 g/mol. The van der Waals surface area contributed by atoms with Crippen molar-refractivity contribution in [1.29, 1.82) is 0 Å². The summed E-state index contributed by atoms with van der Waals surface area (Å²) in [4.78, 5) is 26.8. The van der Waals surface area contributed by atoms with Crippen molar-refractivity contribution < 1.29 is 9.59 Å². The normalized spacial score (nSPS) is 11.6.